The van der Waals surface area contributed by atoms with Gasteiger partial charge in [-0.1, -0.05) is 0 Å². The third kappa shape index (κ3) is 2.76. The molecule has 1 saturated heterocycles. The normalized spacial score (nSPS) is 20.9. The maximum Gasteiger partial charge on any atom is 0.325 e. The van der Waals surface area contributed by atoms with Crippen LogP contribution in [0.15, 0.2) is 41.0 Å². The smallest absolute Gasteiger partial charge is 0.325 e. The lowest BCUT2D eigenvalue weighted by Crippen LogP contribution is -2.41. The van der Waals surface area contributed by atoms with Gasteiger partial charge in [0.2, 0.25) is 5.91 Å². The standard InChI is InChI=1S/C19H16N4O6/c1-19(13-4-3-7-29-13)17(27)23(18(28)21-19)9-14(24)20-10-5-6-11-12(8-10)16(26)22(2)15(11)25/h3-8H,9H2,1-2H3,(H,20,24)(H,21,28). The largest absolute Gasteiger partial charge is 0.466 e. The Morgan fingerprint density at radius 3 is 2.55 bits per heavy atom. The molecule has 3 heterocycles. The Labute approximate surface area is 164 Å². The van der Waals surface area contributed by atoms with Crippen molar-refractivity contribution >= 4 is 35.3 Å². The summed E-state index contributed by atoms with van der Waals surface area (Å²) in [4.78, 5) is 63.1. The monoisotopic (exact) mass is 396 g/mol. The molecule has 2 aliphatic heterocycles. The van der Waals surface area contributed by atoms with Gasteiger partial charge in [-0.05, 0) is 37.3 Å². The van der Waals surface area contributed by atoms with Gasteiger partial charge in [0, 0.05) is 12.7 Å². The molecule has 2 N–H and O–H groups in total. The first-order valence-electron chi connectivity index (χ1n) is 8.67. The lowest BCUT2D eigenvalue weighted by atomic mass is 9.99. The van der Waals surface area contributed by atoms with Gasteiger partial charge in [0.05, 0.1) is 17.4 Å². The van der Waals surface area contributed by atoms with Crippen LogP contribution in [0.3, 0.4) is 0 Å². The number of amides is 6. The van der Waals surface area contributed by atoms with Crippen LogP contribution in [-0.2, 0) is 15.1 Å². The molecule has 4 rings (SSSR count). The Bertz CT molecular complexity index is 1080. The summed E-state index contributed by atoms with van der Waals surface area (Å²) in [5.41, 5.74) is -0.702. The predicted molar refractivity (Wildman–Crippen MR) is 97.8 cm³/mol. The molecule has 1 unspecified atom stereocenters. The van der Waals surface area contributed by atoms with Crippen molar-refractivity contribution in [1.82, 2.24) is 15.1 Å². The zero-order valence-corrected chi connectivity index (χ0v) is 15.5. The minimum Gasteiger partial charge on any atom is -0.466 e. The molecule has 10 heteroatoms. The summed E-state index contributed by atoms with van der Waals surface area (Å²) < 4.78 is 5.23. The molecule has 1 aromatic heterocycles. The van der Waals surface area contributed by atoms with Crippen LogP contribution < -0.4 is 10.6 Å². The lowest BCUT2D eigenvalue weighted by Gasteiger charge is -2.18. The fourth-order valence-corrected chi connectivity index (χ4v) is 3.35. The number of hydrogen-bond acceptors (Lipinski definition) is 6. The molecule has 0 saturated carbocycles. The van der Waals surface area contributed by atoms with Gasteiger partial charge in [-0.15, -0.1) is 0 Å². The molecular weight excluding hydrogens is 380 g/mol. The lowest BCUT2D eigenvalue weighted by molar-refractivity contribution is -0.134. The average Bonchev–Trinajstić information content (AvgIpc) is 3.35. The van der Waals surface area contributed by atoms with Crippen molar-refractivity contribution in [3.8, 4) is 0 Å². The molecule has 6 amide bonds. The predicted octanol–water partition coefficient (Wildman–Crippen LogP) is 0.911. The number of furan rings is 1. The van der Waals surface area contributed by atoms with Crippen molar-refractivity contribution in [2.45, 2.75) is 12.5 Å². The first-order chi connectivity index (χ1) is 13.7. The number of hydrogen-bond donors (Lipinski definition) is 2. The second-order valence-corrected chi connectivity index (χ2v) is 6.90. The molecule has 0 bridgehead atoms. The molecule has 0 spiro atoms. The average molecular weight is 396 g/mol. The van der Waals surface area contributed by atoms with E-state index in [9.17, 15) is 24.0 Å². The number of urea groups is 1. The maximum atomic E-state index is 12.7. The fourth-order valence-electron chi connectivity index (χ4n) is 3.35. The van der Waals surface area contributed by atoms with Crippen molar-refractivity contribution in [2.75, 3.05) is 18.9 Å². The molecule has 1 atom stereocenters. The van der Waals surface area contributed by atoms with Crippen LogP contribution in [-0.4, -0.2) is 53.1 Å². The Kier molecular flexibility index (Phi) is 4.00. The van der Waals surface area contributed by atoms with Crippen molar-refractivity contribution < 1.29 is 28.4 Å². The minimum absolute atomic E-state index is 0.177. The Morgan fingerprint density at radius 2 is 1.86 bits per heavy atom. The minimum atomic E-state index is -1.40. The van der Waals surface area contributed by atoms with E-state index < -0.39 is 41.7 Å². The van der Waals surface area contributed by atoms with Gasteiger partial charge in [-0.3, -0.25) is 29.0 Å². The van der Waals surface area contributed by atoms with Crippen LogP contribution in [0.25, 0.3) is 0 Å². The van der Waals surface area contributed by atoms with E-state index >= 15 is 0 Å². The first kappa shape index (κ1) is 18.4. The van der Waals surface area contributed by atoms with E-state index in [0.29, 0.717) is 0 Å². The number of fused-ring (bicyclic) bond motifs is 1. The zero-order valence-electron chi connectivity index (χ0n) is 15.5. The van der Waals surface area contributed by atoms with Crippen molar-refractivity contribution in [2.24, 2.45) is 0 Å². The fraction of sp³-hybridized carbons (Fsp3) is 0.211. The highest BCUT2D eigenvalue weighted by Crippen LogP contribution is 2.29. The van der Waals surface area contributed by atoms with Crippen LogP contribution in [0.2, 0.25) is 0 Å². The number of nitrogens with zero attached hydrogens (tertiary/aromatic N) is 2. The number of carbonyl (C=O) groups is 5. The topological polar surface area (TPSA) is 129 Å². The summed E-state index contributed by atoms with van der Waals surface area (Å²) in [5, 5.41) is 5.06. The molecule has 0 aliphatic carbocycles. The van der Waals surface area contributed by atoms with E-state index in [1.807, 2.05) is 0 Å². The number of benzene rings is 1. The van der Waals surface area contributed by atoms with Crippen LogP contribution >= 0.6 is 0 Å². The molecular formula is C19H16N4O6. The Morgan fingerprint density at radius 1 is 1.14 bits per heavy atom. The molecule has 0 radical (unpaired) electrons. The number of nitrogens with one attached hydrogen (secondary N) is 2. The number of carbonyl (C=O) groups excluding carboxylic acids is 5. The molecule has 1 fully saturated rings. The first-order valence-corrected chi connectivity index (χ1v) is 8.67. The molecule has 1 aromatic carbocycles. The van der Waals surface area contributed by atoms with Gasteiger partial charge in [0.25, 0.3) is 17.7 Å². The van der Waals surface area contributed by atoms with E-state index in [0.717, 1.165) is 9.80 Å². The Balaban J connectivity index is 1.49. The summed E-state index contributed by atoms with van der Waals surface area (Å²) >= 11 is 0. The van der Waals surface area contributed by atoms with Gasteiger partial charge >= 0.3 is 6.03 Å². The number of imide groups is 2. The van der Waals surface area contributed by atoms with Crippen molar-refractivity contribution in [1.29, 1.82) is 0 Å². The van der Waals surface area contributed by atoms with Crippen molar-refractivity contribution in [3.63, 3.8) is 0 Å². The molecule has 2 aromatic rings. The highest BCUT2D eigenvalue weighted by molar-refractivity contribution is 6.21. The van der Waals surface area contributed by atoms with E-state index in [1.165, 1.54) is 38.4 Å². The molecule has 10 nitrogen and oxygen atoms in total. The van der Waals surface area contributed by atoms with Gasteiger partial charge in [0.1, 0.15) is 12.3 Å². The quantitative estimate of drug-likeness (QED) is 0.584. The SMILES string of the molecule is CN1C(=O)c2ccc(NC(=O)CN3C(=O)NC(C)(c4ccco4)C3=O)cc2C1=O. The number of anilines is 1. The van der Waals surface area contributed by atoms with Gasteiger partial charge < -0.3 is 15.1 Å². The van der Waals surface area contributed by atoms with Crippen LogP contribution in [0.5, 0.6) is 0 Å². The second-order valence-electron chi connectivity index (χ2n) is 6.90. The van der Waals surface area contributed by atoms with Crippen LogP contribution in [0, 0.1) is 0 Å². The highest BCUT2D eigenvalue weighted by Gasteiger charge is 2.51. The van der Waals surface area contributed by atoms with Gasteiger partial charge in [-0.25, -0.2) is 4.79 Å². The third-order valence-electron chi connectivity index (χ3n) is 4.96. The van der Waals surface area contributed by atoms with E-state index in [2.05, 4.69) is 10.6 Å². The molecule has 148 valence electrons. The summed E-state index contributed by atoms with van der Waals surface area (Å²) in [6.45, 7) is 0.967. The van der Waals surface area contributed by atoms with Gasteiger partial charge in [-0.2, -0.15) is 0 Å². The second kappa shape index (κ2) is 6.30. The molecule has 29 heavy (non-hydrogen) atoms. The summed E-state index contributed by atoms with van der Waals surface area (Å²) in [5.74, 6) is -1.89. The van der Waals surface area contributed by atoms with Gasteiger partial charge in [0.15, 0.2) is 5.54 Å². The summed E-state index contributed by atoms with van der Waals surface area (Å²) in [6.07, 6.45) is 1.38. The Hall–Kier alpha value is -3.95. The number of rotatable bonds is 4. The third-order valence-corrected chi connectivity index (χ3v) is 4.96. The van der Waals surface area contributed by atoms with E-state index in [1.54, 1.807) is 12.1 Å². The van der Waals surface area contributed by atoms with Crippen LogP contribution in [0.4, 0.5) is 10.5 Å². The summed E-state index contributed by atoms with van der Waals surface area (Å²) in [7, 11) is 1.37. The highest BCUT2D eigenvalue weighted by atomic mass is 16.3. The summed E-state index contributed by atoms with van der Waals surface area (Å²) in [6, 6.07) is 6.72. The van der Waals surface area contributed by atoms with Crippen LogP contribution in [0.1, 0.15) is 33.4 Å². The van der Waals surface area contributed by atoms with E-state index in [4.69, 9.17) is 4.42 Å². The van der Waals surface area contributed by atoms with Crippen molar-refractivity contribution in [3.05, 3.63) is 53.5 Å². The zero-order chi connectivity index (χ0) is 20.9. The maximum absolute atomic E-state index is 12.7. The van der Waals surface area contributed by atoms with E-state index in [-0.39, 0.29) is 22.6 Å². The molecule has 2 aliphatic rings.